The summed E-state index contributed by atoms with van der Waals surface area (Å²) in [5.74, 6) is 4.11. The predicted octanol–water partition coefficient (Wildman–Crippen LogP) is 5.91. The SMILES string of the molecule is CC[Si](C)(CC)OC(C)[C@H]1CCC2C3CCC4C[C@H](O)[C@@H](N5CCNCC5)C[C@]4(C)C3CC[C@@]21C. The zero-order valence-corrected chi connectivity index (χ0v) is 24.8. The van der Waals surface area contributed by atoms with E-state index < -0.39 is 8.32 Å². The van der Waals surface area contributed by atoms with Gasteiger partial charge in [-0.3, -0.25) is 4.90 Å². The van der Waals surface area contributed by atoms with E-state index in [0.29, 0.717) is 23.0 Å². The van der Waals surface area contributed by atoms with E-state index in [1.54, 1.807) is 0 Å². The molecule has 5 fully saturated rings. The van der Waals surface area contributed by atoms with Gasteiger partial charge in [0.1, 0.15) is 0 Å². The maximum absolute atomic E-state index is 11.2. The summed E-state index contributed by atoms with van der Waals surface area (Å²) in [6, 6.07) is 2.86. The van der Waals surface area contributed by atoms with Crippen molar-refractivity contribution in [3.8, 4) is 0 Å². The van der Waals surface area contributed by atoms with Crippen LogP contribution in [0.5, 0.6) is 0 Å². The van der Waals surface area contributed by atoms with Crippen molar-refractivity contribution < 1.29 is 9.53 Å². The van der Waals surface area contributed by atoms with Gasteiger partial charge in [0.15, 0.2) is 8.32 Å². The Morgan fingerprint density at radius 2 is 1.69 bits per heavy atom. The largest absolute Gasteiger partial charge is 0.414 e. The standard InChI is InChI=1S/C30H56N2O2Si/c1-7-35(6,8-2)34-21(3)24-11-12-25-23-10-9-22-19-28(33)27(32-17-15-31-16-18-32)20-30(22,5)26(23)13-14-29(24,25)4/h21-28,31,33H,7-20H2,1-6H3/t21?,22?,23?,24-,25?,26?,27+,28+,29-,30+/m1/s1. The Morgan fingerprint density at radius 3 is 2.37 bits per heavy atom. The van der Waals surface area contributed by atoms with E-state index in [1.165, 1.54) is 57.0 Å². The van der Waals surface area contributed by atoms with Crippen LogP contribution >= 0.6 is 0 Å². The van der Waals surface area contributed by atoms with Crippen LogP contribution in [0.15, 0.2) is 0 Å². The van der Waals surface area contributed by atoms with Crippen molar-refractivity contribution in [3.05, 3.63) is 0 Å². The van der Waals surface area contributed by atoms with Gasteiger partial charge in [-0.05, 0) is 117 Å². The Balaban J connectivity index is 1.33. The van der Waals surface area contributed by atoms with Crippen molar-refractivity contribution in [2.75, 3.05) is 26.2 Å². The van der Waals surface area contributed by atoms with E-state index in [1.807, 2.05) is 0 Å². The minimum absolute atomic E-state index is 0.124. The van der Waals surface area contributed by atoms with E-state index >= 15 is 0 Å². The van der Waals surface area contributed by atoms with E-state index in [-0.39, 0.29) is 6.10 Å². The molecule has 5 unspecified atom stereocenters. The highest BCUT2D eigenvalue weighted by Crippen LogP contribution is 2.68. The number of aliphatic hydroxyl groups is 1. The summed E-state index contributed by atoms with van der Waals surface area (Å²) in [5.41, 5.74) is 0.877. The molecule has 5 aliphatic rings. The molecule has 0 amide bonds. The molecule has 1 saturated heterocycles. The molecule has 0 aromatic rings. The number of piperazine rings is 1. The number of nitrogens with one attached hydrogen (secondary N) is 1. The van der Waals surface area contributed by atoms with Crippen LogP contribution in [0.1, 0.15) is 86.0 Å². The van der Waals surface area contributed by atoms with Crippen molar-refractivity contribution in [2.45, 2.75) is 123 Å². The topological polar surface area (TPSA) is 44.7 Å². The van der Waals surface area contributed by atoms with Crippen molar-refractivity contribution in [1.29, 1.82) is 0 Å². The molecule has 5 rings (SSSR count). The molecule has 35 heavy (non-hydrogen) atoms. The first-order chi connectivity index (χ1) is 16.6. The third-order valence-corrected chi connectivity index (χ3v) is 16.8. The maximum Gasteiger partial charge on any atom is 0.189 e. The molecular formula is C30H56N2O2Si. The quantitative estimate of drug-likeness (QED) is 0.441. The summed E-state index contributed by atoms with van der Waals surface area (Å²) in [4.78, 5) is 2.63. The molecule has 4 nitrogen and oxygen atoms in total. The van der Waals surface area contributed by atoms with Crippen molar-refractivity contribution in [1.82, 2.24) is 10.2 Å². The third kappa shape index (κ3) is 4.51. The molecule has 4 saturated carbocycles. The summed E-state index contributed by atoms with van der Waals surface area (Å²) in [7, 11) is -1.55. The number of rotatable bonds is 6. The van der Waals surface area contributed by atoms with Crippen LogP contribution in [0.3, 0.4) is 0 Å². The van der Waals surface area contributed by atoms with Gasteiger partial charge < -0.3 is 14.8 Å². The third-order valence-electron chi connectivity index (χ3n) is 12.9. The molecule has 0 radical (unpaired) electrons. The molecule has 202 valence electrons. The van der Waals surface area contributed by atoms with Crippen LogP contribution in [0.4, 0.5) is 0 Å². The predicted molar refractivity (Wildman–Crippen MR) is 148 cm³/mol. The van der Waals surface area contributed by atoms with Crippen LogP contribution in [0, 0.1) is 40.4 Å². The maximum atomic E-state index is 11.2. The Bertz CT molecular complexity index is 740. The van der Waals surface area contributed by atoms with Gasteiger partial charge in [0.25, 0.3) is 0 Å². The highest BCUT2D eigenvalue weighted by atomic mass is 28.4. The molecule has 0 aromatic heterocycles. The van der Waals surface area contributed by atoms with Crippen LogP contribution < -0.4 is 5.32 Å². The first-order valence-corrected chi connectivity index (χ1v) is 18.3. The first-order valence-electron chi connectivity index (χ1n) is 15.5. The molecule has 4 aliphatic carbocycles. The number of aliphatic hydroxyl groups excluding tert-OH is 1. The van der Waals surface area contributed by atoms with Gasteiger partial charge in [-0.15, -0.1) is 0 Å². The molecule has 0 aromatic carbocycles. The van der Waals surface area contributed by atoms with Gasteiger partial charge in [-0.25, -0.2) is 0 Å². The van der Waals surface area contributed by atoms with E-state index in [4.69, 9.17) is 4.43 Å². The van der Waals surface area contributed by atoms with Gasteiger partial charge in [-0.1, -0.05) is 27.7 Å². The molecule has 0 bridgehead atoms. The van der Waals surface area contributed by atoms with Gasteiger partial charge in [0, 0.05) is 38.3 Å². The second-order valence-corrected chi connectivity index (χ2v) is 18.8. The lowest BCUT2D eigenvalue weighted by Gasteiger charge is -2.63. The van der Waals surface area contributed by atoms with Crippen molar-refractivity contribution in [2.24, 2.45) is 40.4 Å². The Labute approximate surface area is 217 Å². The summed E-state index contributed by atoms with van der Waals surface area (Å²) < 4.78 is 6.97. The minimum Gasteiger partial charge on any atom is -0.414 e. The van der Waals surface area contributed by atoms with Crippen LogP contribution in [-0.2, 0) is 4.43 Å². The van der Waals surface area contributed by atoms with Crippen molar-refractivity contribution >= 4 is 8.32 Å². The number of hydrogen-bond donors (Lipinski definition) is 2. The summed E-state index contributed by atoms with van der Waals surface area (Å²) in [6.45, 7) is 19.3. The lowest BCUT2D eigenvalue weighted by molar-refractivity contribution is -0.152. The Kier molecular flexibility index (Phi) is 7.60. The molecular weight excluding hydrogens is 448 g/mol. The zero-order chi connectivity index (χ0) is 25.0. The zero-order valence-electron chi connectivity index (χ0n) is 23.8. The fraction of sp³-hybridized carbons (Fsp3) is 1.00. The first kappa shape index (κ1) is 26.7. The molecule has 5 heteroatoms. The highest BCUT2D eigenvalue weighted by Gasteiger charge is 2.62. The van der Waals surface area contributed by atoms with Crippen LogP contribution in [0.2, 0.25) is 18.6 Å². The average Bonchev–Trinajstić information content (AvgIpc) is 3.22. The normalized spacial score (nSPS) is 47.6. The van der Waals surface area contributed by atoms with Gasteiger partial charge >= 0.3 is 0 Å². The van der Waals surface area contributed by atoms with Crippen LogP contribution in [0.25, 0.3) is 0 Å². The van der Waals surface area contributed by atoms with Crippen molar-refractivity contribution in [3.63, 3.8) is 0 Å². The lowest BCUT2D eigenvalue weighted by atomic mass is 9.44. The van der Waals surface area contributed by atoms with Gasteiger partial charge in [-0.2, -0.15) is 0 Å². The smallest absolute Gasteiger partial charge is 0.189 e. The summed E-state index contributed by atoms with van der Waals surface area (Å²) >= 11 is 0. The number of nitrogens with zero attached hydrogens (tertiary/aromatic N) is 1. The minimum atomic E-state index is -1.55. The van der Waals surface area contributed by atoms with E-state index in [0.717, 1.165) is 62.2 Å². The lowest BCUT2D eigenvalue weighted by Crippen LogP contribution is -2.61. The van der Waals surface area contributed by atoms with Gasteiger partial charge in [0.2, 0.25) is 0 Å². The fourth-order valence-electron chi connectivity index (χ4n) is 10.4. The summed E-state index contributed by atoms with van der Waals surface area (Å²) in [6.07, 6.45) is 10.9. The number of hydrogen-bond acceptors (Lipinski definition) is 4. The highest BCUT2D eigenvalue weighted by molar-refractivity contribution is 6.72. The van der Waals surface area contributed by atoms with Crippen LogP contribution in [-0.4, -0.2) is 62.8 Å². The molecule has 1 aliphatic heterocycles. The van der Waals surface area contributed by atoms with E-state index in [9.17, 15) is 5.11 Å². The summed E-state index contributed by atoms with van der Waals surface area (Å²) in [5, 5.41) is 14.7. The second-order valence-electron chi connectivity index (χ2n) is 14.2. The molecule has 10 atom stereocenters. The fourth-order valence-corrected chi connectivity index (χ4v) is 12.3. The Morgan fingerprint density at radius 1 is 1.00 bits per heavy atom. The molecule has 1 heterocycles. The monoisotopic (exact) mass is 504 g/mol. The van der Waals surface area contributed by atoms with E-state index in [2.05, 4.69) is 51.4 Å². The average molecular weight is 505 g/mol. The second kappa shape index (κ2) is 9.98. The molecule has 0 spiro atoms. The van der Waals surface area contributed by atoms with Gasteiger partial charge in [0.05, 0.1) is 6.10 Å². The Hall–Kier alpha value is 0.0569. The molecule has 2 N–H and O–H groups in total. The number of fused-ring (bicyclic) bond motifs is 5.